The minimum absolute atomic E-state index is 0.175. The molecule has 1 N–H and O–H groups in total. The maximum absolute atomic E-state index is 6.09. The maximum atomic E-state index is 6.09. The summed E-state index contributed by atoms with van der Waals surface area (Å²) in [5.74, 6) is 1.79. The van der Waals surface area contributed by atoms with Crippen molar-refractivity contribution in [1.82, 2.24) is 10.2 Å². The van der Waals surface area contributed by atoms with Crippen molar-refractivity contribution >= 4 is 17.6 Å². The fraction of sp³-hybridized carbons (Fsp3) is 0.208. The van der Waals surface area contributed by atoms with Gasteiger partial charge in [0.05, 0.1) is 12.6 Å². The Labute approximate surface area is 176 Å². The highest BCUT2D eigenvalue weighted by molar-refractivity contribution is 6.30. The van der Waals surface area contributed by atoms with Crippen molar-refractivity contribution in [2.45, 2.75) is 19.2 Å². The number of halogens is 1. The van der Waals surface area contributed by atoms with Crippen LogP contribution in [-0.4, -0.2) is 24.5 Å². The summed E-state index contributed by atoms with van der Waals surface area (Å²) in [6.45, 7) is 1.98. The topological polar surface area (TPSA) is 36.9 Å². The van der Waals surface area contributed by atoms with Crippen molar-refractivity contribution in [3.8, 4) is 5.75 Å². The molecule has 29 heavy (non-hydrogen) atoms. The fourth-order valence-corrected chi connectivity index (χ4v) is 3.51. The molecule has 0 radical (unpaired) electrons. The first kappa shape index (κ1) is 19.3. The Morgan fingerprint density at radius 2 is 1.72 bits per heavy atom. The molecule has 4 nitrogen and oxygen atoms in total. The number of hydrogen-bond donors (Lipinski definition) is 1. The molecule has 0 saturated heterocycles. The zero-order chi connectivity index (χ0) is 20.1. The molecule has 0 saturated carbocycles. The third kappa shape index (κ3) is 4.90. The third-order valence-corrected chi connectivity index (χ3v) is 5.23. The molecule has 1 atom stereocenters. The summed E-state index contributed by atoms with van der Waals surface area (Å²) in [6.07, 6.45) is 0. The van der Waals surface area contributed by atoms with Crippen molar-refractivity contribution in [3.63, 3.8) is 0 Å². The van der Waals surface area contributed by atoms with E-state index in [0.717, 1.165) is 27.9 Å². The van der Waals surface area contributed by atoms with Crippen LogP contribution in [0.2, 0.25) is 5.02 Å². The van der Waals surface area contributed by atoms with Gasteiger partial charge in [0.2, 0.25) is 0 Å². The van der Waals surface area contributed by atoms with Gasteiger partial charge in [-0.2, -0.15) is 0 Å². The van der Waals surface area contributed by atoms with E-state index in [1.807, 2.05) is 67.7 Å². The van der Waals surface area contributed by atoms with E-state index in [2.05, 4.69) is 28.4 Å². The number of nitrogens with one attached hydrogen (secondary N) is 1. The van der Waals surface area contributed by atoms with E-state index in [0.29, 0.717) is 19.7 Å². The van der Waals surface area contributed by atoms with Crippen LogP contribution in [-0.2, 0) is 13.2 Å². The molecule has 3 aromatic carbocycles. The van der Waals surface area contributed by atoms with Crippen molar-refractivity contribution in [2.75, 3.05) is 13.6 Å². The van der Waals surface area contributed by atoms with Gasteiger partial charge in [0.1, 0.15) is 12.4 Å². The highest BCUT2D eigenvalue weighted by Crippen LogP contribution is 2.23. The Bertz CT molecular complexity index is 973. The number of hydrogen-bond acceptors (Lipinski definition) is 4. The molecule has 4 rings (SSSR count). The molecule has 0 spiro atoms. The van der Waals surface area contributed by atoms with Crippen LogP contribution in [0.4, 0.5) is 0 Å². The lowest BCUT2D eigenvalue weighted by Gasteiger charge is -2.22. The van der Waals surface area contributed by atoms with Gasteiger partial charge >= 0.3 is 0 Å². The van der Waals surface area contributed by atoms with Gasteiger partial charge in [-0.15, -0.1) is 0 Å². The number of para-hydroxylation sites is 1. The molecule has 1 heterocycles. The molecular formula is C24H24ClN3O. The largest absolute Gasteiger partial charge is 0.489 e. The molecule has 1 aliphatic heterocycles. The molecule has 0 bridgehead atoms. The number of aliphatic imine (C=N–C) groups is 1. The van der Waals surface area contributed by atoms with E-state index < -0.39 is 0 Å². The number of nitrogens with zero attached hydrogens (tertiary/aromatic N) is 2. The molecule has 3 aromatic rings. The SMILES string of the molecule is CN(Cc1ccccc1OCc1ccccc1)C1=NCC(c2ccc(Cl)cc2)N1. The lowest BCUT2D eigenvalue weighted by Crippen LogP contribution is -2.36. The van der Waals surface area contributed by atoms with Crippen LogP contribution in [0.1, 0.15) is 22.7 Å². The number of guanidine groups is 1. The van der Waals surface area contributed by atoms with Crippen LogP contribution in [0, 0.1) is 0 Å². The predicted molar refractivity (Wildman–Crippen MR) is 118 cm³/mol. The zero-order valence-corrected chi connectivity index (χ0v) is 17.1. The molecule has 1 unspecified atom stereocenters. The van der Waals surface area contributed by atoms with E-state index >= 15 is 0 Å². The highest BCUT2D eigenvalue weighted by Gasteiger charge is 2.22. The quantitative estimate of drug-likeness (QED) is 0.623. The zero-order valence-electron chi connectivity index (χ0n) is 16.4. The van der Waals surface area contributed by atoms with E-state index in [1.165, 1.54) is 5.56 Å². The summed E-state index contributed by atoms with van der Waals surface area (Å²) in [7, 11) is 2.05. The van der Waals surface area contributed by atoms with Crippen LogP contribution >= 0.6 is 11.6 Å². The maximum Gasteiger partial charge on any atom is 0.194 e. The van der Waals surface area contributed by atoms with Gasteiger partial charge in [-0.25, -0.2) is 0 Å². The lowest BCUT2D eigenvalue weighted by molar-refractivity contribution is 0.299. The van der Waals surface area contributed by atoms with Crippen molar-refractivity contribution in [3.05, 3.63) is 101 Å². The summed E-state index contributed by atoms with van der Waals surface area (Å²) < 4.78 is 6.09. The van der Waals surface area contributed by atoms with Crippen molar-refractivity contribution in [1.29, 1.82) is 0 Å². The van der Waals surface area contributed by atoms with E-state index in [4.69, 9.17) is 21.3 Å². The van der Waals surface area contributed by atoms with Crippen LogP contribution in [0.5, 0.6) is 5.75 Å². The monoisotopic (exact) mass is 405 g/mol. The van der Waals surface area contributed by atoms with E-state index in [1.54, 1.807) is 0 Å². The summed E-state index contributed by atoms with van der Waals surface area (Å²) >= 11 is 6.00. The fourth-order valence-electron chi connectivity index (χ4n) is 3.38. The number of benzene rings is 3. The standard InChI is InChI=1S/C24H24ClN3O/c1-28(24-26-15-22(27-24)19-11-13-21(25)14-12-19)16-20-9-5-6-10-23(20)29-17-18-7-3-2-4-8-18/h2-14,22H,15-17H2,1H3,(H,26,27). The summed E-state index contributed by atoms with van der Waals surface area (Å²) in [6, 6.07) is 26.5. The lowest BCUT2D eigenvalue weighted by atomic mass is 10.1. The van der Waals surface area contributed by atoms with Gasteiger partial charge in [0.25, 0.3) is 0 Å². The Hall–Kier alpha value is -2.98. The number of ether oxygens (including phenoxy) is 1. The molecule has 0 fully saturated rings. The van der Waals surface area contributed by atoms with Crippen LogP contribution < -0.4 is 10.1 Å². The van der Waals surface area contributed by atoms with Gasteiger partial charge in [0.15, 0.2) is 5.96 Å². The second kappa shape index (κ2) is 9.01. The van der Waals surface area contributed by atoms with Crippen LogP contribution in [0.25, 0.3) is 0 Å². The molecule has 0 aliphatic carbocycles. The second-order valence-corrected chi connectivity index (χ2v) is 7.59. The van der Waals surface area contributed by atoms with Crippen molar-refractivity contribution < 1.29 is 4.74 Å². The smallest absolute Gasteiger partial charge is 0.194 e. The first-order valence-electron chi connectivity index (χ1n) is 9.71. The van der Waals surface area contributed by atoms with Crippen LogP contribution in [0.3, 0.4) is 0 Å². The molecule has 0 aromatic heterocycles. The van der Waals surface area contributed by atoms with Crippen LogP contribution in [0.15, 0.2) is 83.9 Å². The average Bonchev–Trinajstić information content (AvgIpc) is 3.25. The first-order chi connectivity index (χ1) is 14.2. The highest BCUT2D eigenvalue weighted by atomic mass is 35.5. The normalized spacial score (nSPS) is 15.5. The molecule has 1 aliphatic rings. The third-order valence-electron chi connectivity index (χ3n) is 4.98. The molecule has 5 heteroatoms. The van der Waals surface area contributed by atoms with Gasteiger partial charge < -0.3 is 15.0 Å². The predicted octanol–water partition coefficient (Wildman–Crippen LogP) is 5.05. The van der Waals surface area contributed by atoms with Gasteiger partial charge in [-0.1, -0.05) is 72.3 Å². The van der Waals surface area contributed by atoms with Crippen molar-refractivity contribution in [2.24, 2.45) is 4.99 Å². The minimum Gasteiger partial charge on any atom is -0.489 e. The Morgan fingerprint density at radius 3 is 2.52 bits per heavy atom. The molecule has 0 amide bonds. The average molecular weight is 406 g/mol. The number of rotatable bonds is 6. The van der Waals surface area contributed by atoms with E-state index in [9.17, 15) is 0 Å². The minimum atomic E-state index is 0.175. The second-order valence-electron chi connectivity index (χ2n) is 7.15. The van der Waals surface area contributed by atoms with E-state index in [-0.39, 0.29) is 6.04 Å². The summed E-state index contributed by atoms with van der Waals surface area (Å²) in [4.78, 5) is 6.82. The Balaban J connectivity index is 1.38. The molecule has 148 valence electrons. The van der Waals surface area contributed by atoms with Gasteiger partial charge in [-0.3, -0.25) is 4.99 Å². The summed E-state index contributed by atoms with van der Waals surface area (Å²) in [5, 5.41) is 4.26. The summed E-state index contributed by atoms with van der Waals surface area (Å²) in [5.41, 5.74) is 3.47. The Kier molecular flexibility index (Phi) is 6.01. The molecular weight excluding hydrogens is 382 g/mol. The first-order valence-corrected chi connectivity index (χ1v) is 10.1. The van der Waals surface area contributed by atoms with Gasteiger partial charge in [-0.05, 0) is 29.3 Å². The van der Waals surface area contributed by atoms with Gasteiger partial charge in [0, 0.05) is 24.2 Å². The Morgan fingerprint density at radius 1 is 1.00 bits per heavy atom.